The Labute approximate surface area is 212 Å². The number of anilines is 2. The number of rotatable bonds is 5. The summed E-state index contributed by atoms with van der Waals surface area (Å²) in [5.74, 6) is 0.169. The number of hydrogen-bond donors (Lipinski definition) is 0. The highest BCUT2D eigenvalue weighted by atomic mass is 32.2. The van der Waals surface area contributed by atoms with Crippen LogP contribution in [0.25, 0.3) is 0 Å². The summed E-state index contributed by atoms with van der Waals surface area (Å²) in [6.45, 7) is 5.08. The van der Waals surface area contributed by atoms with Crippen molar-refractivity contribution >= 4 is 21.2 Å². The van der Waals surface area contributed by atoms with Gasteiger partial charge >= 0.3 is 0 Å². The molecule has 1 fully saturated rings. The van der Waals surface area contributed by atoms with Crippen molar-refractivity contribution < 1.29 is 17.5 Å². The van der Waals surface area contributed by atoms with E-state index in [2.05, 4.69) is 21.7 Å². The third-order valence-electron chi connectivity index (χ3n) is 7.28. The Kier molecular flexibility index (Phi) is 6.90. The predicted octanol–water partition coefficient (Wildman–Crippen LogP) is 4.02. The molecule has 36 heavy (non-hydrogen) atoms. The van der Waals surface area contributed by atoms with Crippen LogP contribution in [0, 0.1) is 5.82 Å². The van der Waals surface area contributed by atoms with Gasteiger partial charge in [0.05, 0.1) is 12.0 Å². The lowest BCUT2D eigenvalue weighted by Crippen LogP contribution is -2.46. The van der Waals surface area contributed by atoms with Gasteiger partial charge in [-0.25, -0.2) is 12.8 Å². The number of sulfone groups is 1. The first kappa shape index (κ1) is 24.6. The number of methoxy groups -OCH3 is 1. The van der Waals surface area contributed by atoms with Crippen LogP contribution >= 0.6 is 0 Å². The van der Waals surface area contributed by atoms with Crippen LogP contribution in [0.5, 0.6) is 5.75 Å². The van der Waals surface area contributed by atoms with Gasteiger partial charge in [0.15, 0.2) is 0 Å². The Morgan fingerprint density at radius 1 is 0.750 bits per heavy atom. The first-order valence-electron chi connectivity index (χ1n) is 12.3. The zero-order valence-corrected chi connectivity index (χ0v) is 21.6. The van der Waals surface area contributed by atoms with E-state index >= 15 is 0 Å². The van der Waals surface area contributed by atoms with Gasteiger partial charge in [0.2, 0.25) is 9.84 Å². The number of nitrogens with zero attached hydrogens (tertiary/aromatic N) is 3. The molecule has 0 saturated carbocycles. The molecule has 0 spiro atoms. The van der Waals surface area contributed by atoms with Crippen LogP contribution in [-0.2, 0) is 22.7 Å². The molecule has 2 aliphatic heterocycles. The number of benzene rings is 3. The molecule has 0 amide bonds. The molecule has 2 aliphatic rings. The van der Waals surface area contributed by atoms with Gasteiger partial charge in [0, 0.05) is 50.6 Å². The van der Waals surface area contributed by atoms with Crippen LogP contribution in [-0.4, -0.2) is 66.7 Å². The molecule has 1 saturated heterocycles. The summed E-state index contributed by atoms with van der Waals surface area (Å²) in [5.41, 5.74) is 4.24. The molecule has 6 nitrogen and oxygen atoms in total. The summed E-state index contributed by atoms with van der Waals surface area (Å²) in [5, 5.41) is 0. The molecule has 8 heteroatoms. The Hall–Kier alpha value is -3.10. The van der Waals surface area contributed by atoms with Crippen LogP contribution in [0.1, 0.15) is 11.1 Å². The molecule has 0 radical (unpaired) electrons. The molecule has 0 aliphatic carbocycles. The highest BCUT2D eigenvalue weighted by molar-refractivity contribution is 7.91. The lowest BCUT2D eigenvalue weighted by Gasteiger charge is -2.37. The van der Waals surface area contributed by atoms with Crippen LogP contribution in [0.4, 0.5) is 15.8 Å². The van der Waals surface area contributed by atoms with Gasteiger partial charge in [0.1, 0.15) is 16.5 Å². The quantitative estimate of drug-likeness (QED) is 0.518. The molecular formula is C28H32FN3O3S. The highest BCUT2D eigenvalue weighted by Gasteiger charge is 2.26. The first-order valence-corrected chi connectivity index (χ1v) is 13.8. The fraction of sp³-hybridized carbons (Fsp3) is 0.357. The number of halogens is 1. The van der Waals surface area contributed by atoms with Crippen molar-refractivity contribution in [2.24, 2.45) is 0 Å². The molecule has 3 aromatic rings. The molecule has 190 valence electrons. The lowest BCUT2D eigenvalue weighted by molar-refractivity contribution is 0.352. The van der Waals surface area contributed by atoms with E-state index in [0.717, 1.165) is 74.6 Å². The highest BCUT2D eigenvalue weighted by Crippen LogP contribution is 2.34. The third kappa shape index (κ3) is 4.92. The maximum absolute atomic E-state index is 13.6. The van der Waals surface area contributed by atoms with Gasteiger partial charge in [-0.3, -0.25) is 0 Å². The zero-order valence-electron chi connectivity index (χ0n) is 20.8. The number of piperazine rings is 1. The second-order valence-electron chi connectivity index (χ2n) is 9.52. The summed E-state index contributed by atoms with van der Waals surface area (Å²) in [6, 6.07) is 17.4. The molecule has 2 heterocycles. The van der Waals surface area contributed by atoms with E-state index in [9.17, 15) is 12.8 Å². The fourth-order valence-electron chi connectivity index (χ4n) is 5.05. The van der Waals surface area contributed by atoms with Crippen molar-refractivity contribution in [2.75, 3.05) is 63.2 Å². The maximum Gasteiger partial charge on any atom is 0.210 e. The lowest BCUT2D eigenvalue weighted by atomic mass is 10.0. The minimum absolute atomic E-state index is 0.231. The van der Waals surface area contributed by atoms with E-state index in [-0.39, 0.29) is 15.6 Å². The van der Waals surface area contributed by atoms with Crippen LogP contribution in [0.2, 0.25) is 0 Å². The Morgan fingerprint density at radius 2 is 1.25 bits per heavy atom. The Morgan fingerprint density at radius 3 is 1.78 bits per heavy atom. The minimum Gasteiger partial charge on any atom is -0.495 e. The van der Waals surface area contributed by atoms with Crippen LogP contribution in [0.15, 0.2) is 70.5 Å². The van der Waals surface area contributed by atoms with Gasteiger partial charge < -0.3 is 19.4 Å². The summed E-state index contributed by atoms with van der Waals surface area (Å²) >= 11 is 0. The average Bonchev–Trinajstić information content (AvgIpc) is 3.09. The molecule has 0 N–H and O–H groups in total. The smallest absolute Gasteiger partial charge is 0.210 e. The number of fused-ring (bicyclic) bond motifs is 1. The van der Waals surface area contributed by atoms with Gasteiger partial charge in [-0.2, -0.15) is 0 Å². The second-order valence-corrected chi connectivity index (χ2v) is 11.4. The summed E-state index contributed by atoms with van der Waals surface area (Å²) in [7, 11) is -0.118. The van der Waals surface area contributed by atoms with Crippen molar-refractivity contribution in [1.29, 1.82) is 0 Å². The first-order chi connectivity index (χ1) is 17.3. The van der Waals surface area contributed by atoms with Crippen molar-refractivity contribution in [3.05, 3.63) is 77.6 Å². The topological polar surface area (TPSA) is 53.1 Å². The van der Waals surface area contributed by atoms with Gasteiger partial charge in [-0.05, 0) is 91.7 Å². The second kappa shape index (κ2) is 10.1. The summed E-state index contributed by atoms with van der Waals surface area (Å²) < 4.78 is 46.0. The SMILES string of the molecule is COc1cc2c(cc1S(=O)(=O)c1ccc(N3CCN(c4ccc(F)cc4)CC3)cc1)CCN(C)CC2. The molecule has 0 bridgehead atoms. The van der Waals surface area contributed by atoms with Crippen molar-refractivity contribution in [3.8, 4) is 5.75 Å². The molecular weight excluding hydrogens is 477 g/mol. The van der Waals surface area contributed by atoms with Crippen molar-refractivity contribution in [1.82, 2.24) is 4.90 Å². The molecule has 5 rings (SSSR count). The number of hydrogen-bond acceptors (Lipinski definition) is 6. The van der Waals surface area contributed by atoms with Crippen LogP contribution < -0.4 is 14.5 Å². The van der Waals surface area contributed by atoms with Crippen molar-refractivity contribution in [2.45, 2.75) is 22.6 Å². The van der Waals surface area contributed by atoms with Crippen LogP contribution in [0.3, 0.4) is 0 Å². The molecule has 3 aromatic carbocycles. The van der Waals surface area contributed by atoms with E-state index in [4.69, 9.17) is 4.74 Å². The average molecular weight is 510 g/mol. The zero-order chi connectivity index (χ0) is 25.3. The number of likely N-dealkylation sites (N-methyl/N-ethyl adjacent to an activating group) is 1. The normalized spacial score (nSPS) is 17.0. The molecule has 0 unspecified atom stereocenters. The largest absolute Gasteiger partial charge is 0.495 e. The third-order valence-corrected chi connectivity index (χ3v) is 9.08. The summed E-state index contributed by atoms with van der Waals surface area (Å²) in [6.07, 6.45) is 1.70. The van der Waals surface area contributed by atoms with E-state index < -0.39 is 9.84 Å². The Bertz CT molecular complexity index is 1320. The monoisotopic (exact) mass is 509 g/mol. The summed E-state index contributed by atoms with van der Waals surface area (Å²) in [4.78, 5) is 7.24. The molecule has 0 atom stereocenters. The van der Waals surface area contributed by atoms with E-state index in [1.165, 1.54) is 19.2 Å². The van der Waals surface area contributed by atoms with Gasteiger partial charge in [0.25, 0.3) is 0 Å². The Balaban J connectivity index is 1.33. The van der Waals surface area contributed by atoms with E-state index in [1.54, 1.807) is 24.3 Å². The number of ether oxygens (including phenoxy) is 1. The standard InChI is InChI=1S/C28H32FN3O3S/c1-30-13-11-21-19-27(35-2)28(20-22(21)12-14-30)36(33,34)26-9-7-25(8-10-26)32-17-15-31(16-18-32)24-5-3-23(29)4-6-24/h3-10,19-20H,11-18H2,1-2H3. The predicted molar refractivity (Wildman–Crippen MR) is 141 cm³/mol. The van der Waals surface area contributed by atoms with Gasteiger partial charge in [-0.15, -0.1) is 0 Å². The fourth-order valence-corrected chi connectivity index (χ4v) is 6.50. The minimum atomic E-state index is -3.73. The van der Waals surface area contributed by atoms with Gasteiger partial charge in [-0.1, -0.05) is 0 Å². The van der Waals surface area contributed by atoms with E-state index in [0.29, 0.717) is 5.75 Å². The molecule has 0 aromatic heterocycles. The van der Waals surface area contributed by atoms with Crippen molar-refractivity contribution in [3.63, 3.8) is 0 Å². The maximum atomic E-state index is 13.6. The van der Waals surface area contributed by atoms with E-state index in [1.807, 2.05) is 24.3 Å².